The summed E-state index contributed by atoms with van der Waals surface area (Å²) in [6.07, 6.45) is 15.6. The van der Waals surface area contributed by atoms with Gasteiger partial charge in [-0.1, -0.05) is 92.7 Å². The highest BCUT2D eigenvalue weighted by atomic mass is 79.9. The molecule has 0 radical (unpaired) electrons. The molecule has 0 aromatic heterocycles. The average molecular weight is 541 g/mol. The van der Waals surface area contributed by atoms with Crippen LogP contribution in [0.25, 0.3) is 0 Å². The van der Waals surface area contributed by atoms with E-state index < -0.39 is 0 Å². The van der Waals surface area contributed by atoms with Gasteiger partial charge in [0.2, 0.25) is 0 Å². The third kappa shape index (κ3) is 13.5. The summed E-state index contributed by atoms with van der Waals surface area (Å²) in [5, 5.41) is 3.41. The maximum atomic E-state index is 3.53. The minimum absolute atomic E-state index is 0. The first kappa shape index (κ1) is 25.7. The van der Waals surface area contributed by atoms with Gasteiger partial charge >= 0.3 is 0 Å². The van der Waals surface area contributed by atoms with Gasteiger partial charge < -0.3 is 0 Å². The Hall–Kier alpha value is 0.660. The molecule has 1 aromatic rings. The monoisotopic (exact) mass is 538 g/mol. The van der Waals surface area contributed by atoms with Crippen LogP contribution in [0.1, 0.15) is 81.9 Å². The molecular formula is C22H37Br3. The summed E-state index contributed by atoms with van der Waals surface area (Å²) >= 11 is 10.6. The molecule has 0 N–H and O–H groups in total. The molecule has 0 bridgehead atoms. The molecule has 0 aliphatic rings. The summed E-state index contributed by atoms with van der Waals surface area (Å²) in [5.74, 6) is 0. The van der Waals surface area contributed by atoms with E-state index >= 15 is 0 Å². The summed E-state index contributed by atoms with van der Waals surface area (Å²) in [4.78, 5) is 0. The maximum Gasteiger partial charge on any atom is 0.00313 e. The summed E-state index contributed by atoms with van der Waals surface area (Å²) in [6, 6.07) is 7.43. The van der Waals surface area contributed by atoms with Gasteiger partial charge in [-0.15, -0.1) is 0 Å². The first-order valence-corrected chi connectivity index (χ1v) is 13.0. The van der Waals surface area contributed by atoms with Crippen LogP contribution in [-0.4, -0.2) is 16.0 Å². The van der Waals surface area contributed by atoms with Gasteiger partial charge in [-0.2, -0.15) is 0 Å². The zero-order valence-electron chi connectivity index (χ0n) is 15.0. The number of hydrogen-bond acceptors (Lipinski definition) is 0. The lowest BCUT2D eigenvalue weighted by atomic mass is 9.96. The van der Waals surface area contributed by atoms with Crippen molar-refractivity contribution in [3.05, 3.63) is 34.9 Å². The Balaban J connectivity index is 0.00000576. The lowest BCUT2D eigenvalue weighted by Gasteiger charge is -2.10. The Morgan fingerprint density at radius 1 is 0.440 bits per heavy atom. The van der Waals surface area contributed by atoms with Gasteiger partial charge in [0.15, 0.2) is 0 Å². The predicted octanol–water partition coefficient (Wildman–Crippen LogP) is 8.65. The van der Waals surface area contributed by atoms with E-state index in [4.69, 9.17) is 0 Å². The van der Waals surface area contributed by atoms with Crippen LogP contribution >= 0.6 is 47.8 Å². The minimum atomic E-state index is 0. The van der Waals surface area contributed by atoms with Crippen molar-refractivity contribution >= 4 is 47.8 Å². The molecule has 0 fully saturated rings. The lowest BCUT2D eigenvalue weighted by molar-refractivity contribution is 0.705. The van der Waals surface area contributed by atoms with E-state index in [1.54, 1.807) is 16.7 Å². The molecule has 0 aliphatic heterocycles. The molecule has 0 spiro atoms. The van der Waals surface area contributed by atoms with E-state index in [-0.39, 0.29) is 7.43 Å². The van der Waals surface area contributed by atoms with Crippen molar-refractivity contribution in [2.75, 3.05) is 16.0 Å². The number of unbranched alkanes of at least 4 members (excludes halogenated alkanes) is 6. The first-order valence-electron chi connectivity index (χ1n) is 9.59. The maximum absolute atomic E-state index is 3.53. The molecule has 1 rings (SSSR count). The van der Waals surface area contributed by atoms with E-state index in [0.717, 1.165) is 16.0 Å². The fourth-order valence-electron chi connectivity index (χ4n) is 3.07. The molecule has 0 heterocycles. The smallest absolute Gasteiger partial charge is 0.00313 e. The molecule has 3 heteroatoms. The van der Waals surface area contributed by atoms with Gasteiger partial charge in [-0.25, -0.2) is 0 Å². The van der Waals surface area contributed by atoms with Crippen molar-refractivity contribution in [3.63, 3.8) is 0 Å². The van der Waals surface area contributed by atoms with Crippen LogP contribution < -0.4 is 0 Å². The molecule has 0 saturated heterocycles. The second-order valence-electron chi connectivity index (χ2n) is 6.66. The van der Waals surface area contributed by atoms with Crippen LogP contribution in [0.2, 0.25) is 0 Å². The fraction of sp³-hybridized carbons (Fsp3) is 0.727. The molecule has 0 unspecified atom stereocenters. The Morgan fingerprint density at radius 3 is 0.960 bits per heavy atom. The zero-order chi connectivity index (χ0) is 17.5. The molecule has 25 heavy (non-hydrogen) atoms. The third-order valence-corrected chi connectivity index (χ3v) is 6.09. The largest absolute Gasteiger partial charge is 0.0928 e. The summed E-state index contributed by atoms with van der Waals surface area (Å²) in [7, 11) is 0. The van der Waals surface area contributed by atoms with Crippen molar-refractivity contribution < 1.29 is 0 Å². The molecule has 146 valence electrons. The second-order valence-corrected chi connectivity index (χ2v) is 9.04. The predicted molar refractivity (Wildman–Crippen MR) is 127 cm³/mol. The third-order valence-electron chi connectivity index (χ3n) is 4.41. The molecule has 0 amide bonds. The van der Waals surface area contributed by atoms with Crippen LogP contribution in [-0.2, 0) is 19.3 Å². The number of benzene rings is 1. The van der Waals surface area contributed by atoms with Crippen molar-refractivity contribution in [1.29, 1.82) is 0 Å². The van der Waals surface area contributed by atoms with E-state index in [1.807, 2.05) is 0 Å². The van der Waals surface area contributed by atoms with Gasteiger partial charge in [-0.05, 0) is 74.5 Å². The molecule has 0 saturated carbocycles. The highest BCUT2D eigenvalue weighted by molar-refractivity contribution is 9.09. The number of alkyl halides is 3. The molecule has 1 aromatic carbocycles. The molecular weight excluding hydrogens is 504 g/mol. The van der Waals surface area contributed by atoms with Crippen LogP contribution in [0.4, 0.5) is 0 Å². The van der Waals surface area contributed by atoms with Crippen LogP contribution in [0.5, 0.6) is 0 Å². The van der Waals surface area contributed by atoms with Gasteiger partial charge in [0.1, 0.15) is 0 Å². The number of rotatable bonds is 15. The highest BCUT2D eigenvalue weighted by Gasteiger charge is 2.03. The summed E-state index contributed by atoms with van der Waals surface area (Å²) in [5.41, 5.74) is 4.70. The normalized spacial score (nSPS) is 10.7. The van der Waals surface area contributed by atoms with E-state index in [0.29, 0.717) is 0 Å². The SMILES string of the molecule is BrCCCCCc1cc(CCCCCBr)cc(CCCCCBr)c1.C. The highest BCUT2D eigenvalue weighted by Crippen LogP contribution is 2.18. The van der Waals surface area contributed by atoms with Crippen LogP contribution in [0, 0.1) is 0 Å². The number of hydrogen-bond donors (Lipinski definition) is 0. The quantitative estimate of drug-likeness (QED) is 0.154. The molecule has 0 aliphatic carbocycles. The van der Waals surface area contributed by atoms with E-state index in [9.17, 15) is 0 Å². The minimum Gasteiger partial charge on any atom is -0.0928 e. The standard InChI is InChI=1S/C21H33Br3.CH4/c22-13-7-1-4-10-19-16-20(11-5-2-8-14-23)18-21(17-19)12-6-3-9-15-24;/h16-18H,1-15H2;1H4. The molecule has 0 nitrogen and oxygen atoms in total. The first-order chi connectivity index (χ1) is 11.8. The van der Waals surface area contributed by atoms with Crippen molar-refractivity contribution in [1.82, 2.24) is 0 Å². The number of halogens is 3. The Bertz CT molecular complexity index is 343. The Morgan fingerprint density at radius 2 is 0.720 bits per heavy atom. The average Bonchev–Trinajstić information content (AvgIpc) is 2.59. The van der Waals surface area contributed by atoms with Gasteiger partial charge in [0.25, 0.3) is 0 Å². The Kier molecular flexibility index (Phi) is 18.5. The van der Waals surface area contributed by atoms with Crippen molar-refractivity contribution in [2.24, 2.45) is 0 Å². The van der Waals surface area contributed by atoms with E-state index in [1.165, 1.54) is 77.0 Å². The zero-order valence-corrected chi connectivity index (χ0v) is 19.7. The molecule has 0 atom stereocenters. The second kappa shape index (κ2) is 18.0. The van der Waals surface area contributed by atoms with Crippen molar-refractivity contribution in [3.8, 4) is 0 Å². The van der Waals surface area contributed by atoms with Crippen LogP contribution in [0.15, 0.2) is 18.2 Å². The lowest BCUT2D eigenvalue weighted by Crippen LogP contribution is -1.96. The van der Waals surface area contributed by atoms with Gasteiger partial charge in [0.05, 0.1) is 0 Å². The van der Waals surface area contributed by atoms with Gasteiger partial charge in [-0.3, -0.25) is 0 Å². The van der Waals surface area contributed by atoms with Gasteiger partial charge in [0, 0.05) is 16.0 Å². The van der Waals surface area contributed by atoms with Crippen molar-refractivity contribution in [2.45, 2.75) is 84.5 Å². The van der Waals surface area contributed by atoms with Crippen LogP contribution in [0.3, 0.4) is 0 Å². The summed E-state index contributed by atoms with van der Waals surface area (Å²) in [6.45, 7) is 0. The van der Waals surface area contributed by atoms with E-state index in [2.05, 4.69) is 66.0 Å². The fourth-order valence-corrected chi connectivity index (χ4v) is 4.26. The Labute approximate surface area is 182 Å². The summed E-state index contributed by atoms with van der Waals surface area (Å²) < 4.78 is 0. The topological polar surface area (TPSA) is 0 Å². The number of aryl methyl sites for hydroxylation is 3.